The van der Waals surface area contributed by atoms with Crippen LogP contribution in [0, 0.1) is 5.41 Å². The molecule has 0 unspecified atom stereocenters. The van der Waals surface area contributed by atoms with E-state index in [0.717, 1.165) is 48.1 Å². The molecule has 3 aromatic rings. The summed E-state index contributed by atoms with van der Waals surface area (Å²) >= 11 is 14.4. The summed E-state index contributed by atoms with van der Waals surface area (Å²) in [6.45, 7) is 2.48. The molecular formula is C28H31Cl2FN2O3S. The van der Waals surface area contributed by atoms with Gasteiger partial charge in [-0.05, 0) is 74.5 Å². The first kappa shape index (κ1) is 28.0. The minimum absolute atomic E-state index is 0.0422. The first-order valence-corrected chi connectivity index (χ1v) is 14.1. The number of thioether (sulfide) groups is 1. The quantitative estimate of drug-likeness (QED) is 0.241. The van der Waals surface area contributed by atoms with Gasteiger partial charge in [-0.2, -0.15) is 0 Å². The molecule has 0 radical (unpaired) electrons. The Balaban J connectivity index is 1.39. The molecule has 0 spiro atoms. The fourth-order valence-corrected chi connectivity index (χ4v) is 6.64. The Morgan fingerprint density at radius 2 is 1.97 bits per heavy atom. The topological polar surface area (TPSA) is 62.7 Å². The Hall–Kier alpha value is -2.06. The zero-order chi connectivity index (χ0) is 26.4. The van der Waals surface area contributed by atoms with Crippen molar-refractivity contribution in [2.75, 3.05) is 32.5 Å². The molecule has 0 amide bonds. The summed E-state index contributed by atoms with van der Waals surface area (Å²) in [7, 11) is 1.56. The SMILES string of the molecule is COc1ccc2ncc(Cl)c([C@H](F)CCC3(CC(=O)O)CCN(CCSc4ccccc4Cl)CC3)c2c1. The molecule has 1 aliphatic rings. The fourth-order valence-electron chi connectivity index (χ4n) is 5.12. The van der Waals surface area contributed by atoms with Gasteiger partial charge < -0.3 is 14.7 Å². The molecule has 1 aromatic heterocycles. The summed E-state index contributed by atoms with van der Waals surface area (Å²) in [6.07, 6.45) is 2.31. The number of ether oxygens (including phenoxy) is 1. The number of hydrogen-bond donors (Lipinski definition) is 1. The van der Waals surface area contributed by atoms with Gasteiger partial charge in [0.05, 0.1) is 29.1 Å². The number of aliphatic carboxylic acids is 1. The van der Waals surface area contributed by atoms with Gasteiger partial charge in [0.2, 0.25) is 0 Å². The number of carboxylic acids is 1. The number of pyridine rings is 1. The minimum atomic E-state index is -1.33. The van der Waals surface area contributed by atoms with Crippen molar-refractivity contribution < 1.29 is 19.0 Å². The predicted molar refractivity (Wildman–Crippen MR) is 149 cm³/mol. The highest BCUT2D eigenvalue weighted by molar-refractivity contribution is 7.99. The van der Waals surface area contributed by atoms with Crippen LogP contribution in [0.5, 0.6) is 5.75 Å². The third kappa shape index (κ3) is 7.08. The Kier molecular flexibility index (Phi) is 9.57. The van der Waals surface area contributed by atoms with Crippen LogP contribution >= 0.6 is 35.0 Å². The molecule has 1 aliphatic heterocycles. The van der Waals surface area contributed by atoms with Crippen molar-refractivity contribution in [2.24, 2.45) is 5.41 Å². The molecule has 198 valence electrons. The fraction of sp³-hybridized carbons (Fsp3) is 0.429. The molecule has 2 heterocycles. The number of methoxy groups -OCH3 is 1. The number of alkyl halides is 1. The summed E-state index contributed by atoms with van der Waals surface area (Å²) in [5.41, 5.74) is 0.603. The van der Waals surface area contributed by atoms with E-state index in [-0.39, 0.29) is 17.9 Å². The highest BCUT2D eigenvalue weighted by Gasteiger charge is 2.37. The average molecular weight is 566 g/mol. The largest absolute Gasteiger partial charge is 0.497 e. The predicted octanol–water partition coefficient (Wildman–Crippen LogP) is 7.69. The molecule has 1 N–H and O–H groups in total. The summed E-state index contributed by atoms with van der Waals surface area (Å²) in [5.74, 6) is 0.668. The smallest absolute Gasteiger partial charge is 0.303 e. The number of halogens is 3. The normalized spacial score (nSPS) is 16.5. The summed E-state index contributed by atoms with van der Waals surface area (Å²) in [4.78, 5) is 19.5. The zero-order valence-electron chi connectivity index (χ0n) is 20.8. The summed E-state index contributed by atoms with van der Waals surface area (Å²) < 4.78 is 21.0. The van der Waals surface area contributed by atoms with Gasteiger partial charge in [0, 0.05) is 34.3 Å². The number of rotatable bonds is 11. The van der Waals surface area contributed by atoms with E-state index < -0.39 is 17.6 Å². The number of piperidine rings is 1. The third-order valence-electron chi connectivity index (χ3n) is 7.25. The highest BCUT2D eigenvalue weighted by atomic mass is 35.5. The van der Waals surface area contributed by atoms with Crippen LogP contribution in [0.2, 0.25) is 10.0 Å². The van der Waals surface area contributed by atoms with Crippen LogP contribution in [-0.2, 0) is 4.79 Å². The lowest BCUT2D eigenvalue weighted by Gasteiger charge is -2.41. The van der Waals surface area contributed by atoms with Gasteiger partial charge in [-0.1, -0.05) is 35.3 Å². The second-order valence-corrected chi connectivity index (χ2v) is 11.6. The van der Waals surface area contributed by atoms with Crippen molar-refractivity contribution in [1.29, 1.82) is 0 Å². The van der Waals surface area contributed by atoms with Gasteiger partial charge in [-0.25, -0.2) is 4.39 Å². The number of hydrogen-bond acceptors (Lipinski definition) is 5. The number of benzene rings is 2. The standard InChI is InChI=1S/C28H31Cl2FN2O3S/c1-36-19-6-7-24-20(16-19)27(22(30)18-32-24)23(31)8-9-28(17-26(34)35)10-12-33(13-11-28)14-15-37-25-5-3-2-4-21(25)29/h2-7,16,18,23H,8-15,17H2,1H3,(H,34,35)/t23-/m1/s1. The molecule has 1 saturated heterocycles. The minimum Gasteiger partial charge on any atom is -0.497 e. The molecule has 5 nitrogen and oxygen atoms in total. The van der Waals surface area contributed by atoms with Crippen molar-refractivity contribution in [2.45, 2.75) is 43.2 Å². The molecule has 9 heteroatoms. The maximum absolute atomic E-state index is 15.7. The molecule has 0 bridgehead atoms. The highest BCUT2D eigenvalue weighted by Crippen LogP contribution is 2.44. The second kappa shape index (κ2) is 12.7. The average Bonchev–Trinajstić information content (AvgIpc) is 2.89. The van der Waals surface area contributed by atoms with Gasteiger partial charge in [0.1, 0.15) is 11.9 Å². The second-order valence-electron chi connectivity index (χ2n) is 9.60. The van der Waals surface area contributed by atoms with E-state index in [9.17, 15) is 9.90 Å². The summed E-state index contributed by atoms with van der Waals surface area (Å²) in [5, 5.41) is 11.3. The lowest BCUT2D eigenvalue weighted by atomic mass is 9.71. The van der Waals surface area contributed by atoms with Crippen LogP contribution in [0.25, 0.3) is 10.9 Å². The molecule has 4 rings (SSSR count). The summed E-state index contributed by atoms with van der Waals surface area (Å²) in [6, 6.07) is 13.1. The zero-order valence-corrected chi connectivity index (χ0v) is 23.1. The molecule has 1 atom stereocenters. The van der Waals surface area contributed by atoms with Crippen molar-refractivity contribution in [3.8, 4) is 5.75 Å². The number of aromatic nitrogens is 1. The number of carboxylic acid groups (broad SMARTS) is 1. The van der Waals surface area contributed by atoms with Gasteiger partial charge in [-0.3, -0.25) is 9.78 Å². The van der Waals surface area contributed by atoms with Gasteiger partial charge in [0.15, 0.2) is 0 Å². The van der Waals surface area contributed by atoms with E-state index in [4.69, 9.17) is 27.9 Å². The van der Waals surface area contributed by atoms with Crippen molar-refractivity contribution in [3.05, 3.63) is 64.3 Å². The van der Waals surface area contributed by atoms with Gasteiger partial charge in [0.25, 0.3) is 0 Å². The molecule has 1 fully saturated rings. The van der Waals surface area contributed by atoms with E-state index in [1.807, 2.05) is 24.3 Å². The maximum Gasteiger partial charge on any atom is 0.303 e. The van der Waals surface area contributed by atoms with Crippen molar-refractivity contribution in [1.82, 2.24) is 9.88 Å². The molecule has 2 aromatic carbocycles. The van der Waals surface area contributed by atoms with E-state index in [1.54, 1.807) is 37.1 Å². The third-order valence-corrected chi connectivity index (χ3v) is 9.05. The van der Waals surface area contributed by atoms with Crippen molar-refractivity contribution >= 4 is 51.8 Å². The van der Waals surface area contributed by atoms with E-state index in [1.165, 1.54) is 6.20 Å². The monoisotopic (exact) mass is 564 g/mol. The molecule has 37 heavy (non-hydrogen) atoms. The van der Waals surface area contributed by atoms with Crippen LogP contribution in [0.1, 0.15) is 43.8 Å². The van der Waals surface area contributed by atoms with Gasteiger partial charge >= 0.3 is 5.97 Å². The van der Waals surface area contributed by atoms with Crippen LogP contribution in [-0.4, -0.2) is 53.5 Å². The van der Waals surface area contributed by atoms with E-state index >= 15 is 4.39 Å². The first-order chi connectivity index (χ1) is 17.8. The number of nitrogens with zero attached hydrogens (tertiary/aromatic N) is 2. The van der Waals surface area contributed by atoms with Gasteiger partial charge in [-0.15, -0.1) is 11.8 Å². The Bertz CT molecular complexity index is 1240. The van der Waals surface area contributed by atoms with Crippen molar-refractivity contribution in [3.63, 3.8) is 0 Å². The number of likely N-dealkylation sites (tertiary alicyclic amines) is 1. The van der Waals surface area contributed by atoms with Crippen LogP contribution < -0.4 is 4.74 Å². The lowest BCUT2D eigenvalue weighted by Crippen LogP contribution is -2.42. The maximum atomic E-state index is 15.7. The van der Waals surface area contributed by atoms with Crippen LogP contribution in [0.4, 0.5) is 4.39 Å². The van der Waals surface area contributed by atoms with Crippen LogP contribution in [0.3, 0.4) is 0 Å². The van der Waals surface area contributed by atoms with E-state index in [0.29, 0.717) is 28.6 Å². The molecule has 0 aliphatic carbocycles. The molecular weight excluding hydrogens is 534 g/mol. The Morgan fingerprint density at radius 3 is 2.68 bits per heavy atom. The number of carbonyl (C=O) groups is 1. The Morgan fingerprint density at radius 1 is 1.22 bits per heavy atom. The van der Waals surface area contributed by atoms with E-state index in [2.05, 4.69) is 9.88 Å². The lowest BCUT2D eigenvalue weighted by molar-refractivity contribution is -0.141. The number of fused-ring (bicyclic) bond motifs is 1. The first-order valence-electron chi connectivity index (χ1n) is 12.4. The Labute approximate surface area is 231 Å². The van der Waals surface area contributed by atoms with Crippen LogP contribution in [0.15, 0.2) is 53.6 Å². The molecule has 0 saturated carbocycles.